The molecular formula is C12H8FN3OS. The molecule has 4 N–H and O–H groups in total. The van der Waals surface area contributed by atoms with Crippen molar-refractivity contribution in [2.75, 3.05) is 5.73 Å². The fourth-order valence-electron chi connectivity index (χ4n) is 1.40. The maximum Gasteiger partial charge on any atom is 0.270 e. The Bertz CT molecular complexity index is 672. The summed E-state index contributed by atoms with van der Waals surface area (Å²) < 4.78 is 13.7. The van der Waals surface area contributed by atoms with Gasteiger partial charge in [-0.3, -0.25) is 4.79 Å². The molecule has 2 rings (SSSR count). The molecule has 90 valence electrons. The molecule has 0 unspecified atom stereocenters. The number of anilines is 1. The van der Waals surface area contributed by atoms with E-state index in [0.29, 0.717) is 5.56 Å². The highest BCUT2D eigenvalue weighted by Gasteiger charge is 2.16. The smallest absolute Gasteiger partial charge is 0.270 e. The van der Waals surface area contributed by atoms with Crippen molar-refractivity contribution in [3.63, 3.8) is 0 Å². The van der Waals surface area contributed by atoms with Crippen LogP contribution in [0.15, 0.2) is 18.2 Å². The number of rotatable bonds is 2. The van der Waals surface area contributed by atoms with Gasteiger partial charge in [0.05, 0.1) is 0 Å². The average molecular weight is 261 g/mol. The van der Waals surface area contributed by atoms with Gasteiger partial charge >= 0.3 is 0 Å². The van der Waals surface area contributed by atoms with Crippen LogP contribution >= 0.6 is 11.3 Å². The number of nitrogen functional groups attached to an aromatic ring is 1. The molecular weight excluding hydrogens is 253 g/mol. The molecule has 1 heterocycles. The molecule has 4 nitrogen and oxygen atoms in total. The second-order valence-corrected chi connectivity index (χ2v) is 4.47. The first-order valence-corrected chi connectivity index (χ1v) is 5.67. The molecule has 1 aromatic heterocycles. The van der Waals surface area contributed by atoms with Crippen molar-refractivity contribution < 1.29 is 9.18 Å². The second kappa shape index (κ2) is 4.47. The van der Waals surface area contributed by atoms with Crippen molar-refractivity contribution in [1.82, 2.24) is 4.98 Å². The lowest BCUT2D eigenvalue weighted by Crippen LogP contribution is -2.13. The SMILES string of the molecule is C#Cc1ccc(F)c(-c2nc(C(N)=O)c(N)s2)c1. The van der Waals surface area contributed by atoms with Crippen molar-refractivity contribution in [3.8, 4) is 22.9 Å². The minimum absolute atomic E-state index is 0.0551. The van der Waals surface area contributed by atoms with Gasteiger partial charge in [-0.1, -0.05) is 17.3 Å². The molecule has 0 spiro atoms. The molecule has 0 bridgehead atoms. The van der Waals surface area contributed by atoms with Gasteiger partial charge in [0.2, 0.25) is 0 Å². The van der Waals surface area contributed by atoms with Gasteiger partial charge in [-0.15, -0.1) is 6.42 Å². The van der Waals surface area contributed by atoms with E-state index in [0.717, 1.165) is 11.3 Å². The van der Waals surface area contributed by atoms with E-state index in [2.05, 4.69) is 10.9 Å². The molecule has 6 heteroatoms. The van der Waals surface area contributed by atoms with Crippen molar-refractivity contribution in [2.45, 2.75) is 0 Å². The van der Waals surface area contributed by atoms with Gasteiger partial charge in [-0.05, 0) is 18.2 Å². The lowest BCUT2D eigenvalue weighted by Gasteiger charge is -1.99. The fraction of sp³-hybridized carbons (Fsp3) is 0. The zero-order valence-corrected chi connectivity index (χ0v) is 9.92. The minimum atomic E-state index is -0.747. The molecule has 0 atom stereocenters. The topological polar surface area (TPSA) is 82.0 Å². The Labute approximate surface area is 106 Å². The standard InChI is InChI=1S/C12H8FN3OS/c1-2-6-3-4-8(13)7(5-6)12-16-9(10(14)17)11(15)18-12/h1,3-5H,15H2,(H2,14,17). The monoisotopic (exact) mass is 261 g/mol. The fourth-order valence-corrected chi connectivity index (χ4v) is 2.26. The molecule has 1 aromatic carbocycles. The third kappa shape index (κ3) is 2.04. The van der Waals surface area contributed by atoms with Gasteiger partial charge in [0.1, 0.15) is 15.8 Å². The van der Waals surface area contributed by atoms with Gasteiger partial charge in [0.15, 0.2) is 5.69 Å². The Balaban J connectivity index is 2.59. The van der Waals surface area contributed by atoms with Crippen LogP contribution in [0.1, 0.15) is 16.1 Å². The van der Waals surface area contributed by atoms with Crippen LogP contribution in [0.4, 0.5) is 9.39 Å². The first-order valence-electron chi connectivity index (χ1n) is 4.85. The summed E-state index contributed by atoms with van der Waals surface area (Å²) in [6, 6.07) is 4.19. The van der Waals surface area contributed by atoms with Crippen LogP contribution in [0.5, 0.6) is 0 Å². The number of terminal acetylenes is 1. The summed E-state index contributed by atoms with van der Waals surface area (Å²) in [6.07, 6.45) is 5.24. The molecule has 2 aromatic rings. The second-order valence-electron chi connectivity index (χ2n) is 3.44. The molecule has 0 aliphatic carbocycles. The number of hydrogen-bond acceptors (Lipinski definition) is 4. The van der Waals surface area contributed by atoms with Crippen LogP contribution in [0.25, 0.3) is 10.6 Å². The summed E-state index contributed by atoms with van der Waals surface area (Å²) in [4.78, 5) is 15.0. The molecule has 0 saturated heterocycles. The molecule has 1 amide bonds. The van der Waals surface area contributed by atoms with Gasteiger partial charge in [0, 0.05) is 11.1 Å². The lowest BCUT2D eigenvalue weighted by atomic mass is 10.1. The summed E-state index contributed by atoms with van der Waals surface area (Å²) in [7, 11) is 0. The van der Waals surface area contributed by atoms with Gasteiger partial charge in [-0.25, -0.2) is 9.37 Å². The van der Waals surface area contributed by atoms with Crippen LogP contribution in [-0.2, 0) is 0 Å². The zero-order chi connectivity index (χ0) is 13.3. The molecule has 18 heavy (non-hydrogen) atoms. The van der Waals surface area contributed by atoms with E-state index in [4.69, 9.17) is 17.9 Å². The zero-order valence-electron chi connectivity index (χ0n) is 9.11. The van der Waals surface area contributed by atoms with Crippen LogP contribution < -0.4 is 11.5 Å². The number of nitrogens with two attached hydrogens (primary N) is 2. The first kappa shape index (κ1) is 12.1. The Kier molecular flexibility index (Phi) is 3.00. The number of halogens is 1. The van der Waals surface area contributed by atoms with Crippen molar-refractivity contribution in [1.29, 1.82) is 0 Å². The molecule has 0 saturated carbocycles. The Morgan fingerprint density at radius 3 is 2.78 bits per heavy atom. The van der Waals surface area contributed by atoms with E-state index in [1.807, 2.05) is 0 Å². The number of aromatic nitrogens is 1. The Morgan fingerprint density at radius 1 is 1.50 bits per heavy atom. The summed E-state index contributed by atoms with van der Waals surface area (Å²) in [5, 5.41) is 0.430. The normalized spacial score (nSPS) is 10.0. The predicted molar refractivity (Wildman–Crippen MR) is 68.4 cm³/mol. The van der Waals surface area contributed by atoms with E-state index < -0.39 is 11.7 Å². The van der Waals surface area contributed by atoms with E-state index in [-0.39, 0.29) is 21.3 Å². The van der Waals surface area contributed by atoms with Crippen molar-refractivity contribution in [3.05, 3.63) is 35.3 Å². The third-order valence-corrected chi connectivity index (χ3v) is 3.17. The number of thiazole rings is 1. The lowest BCUT2D eigenvalue weighted by molar-refractivity contribution is 0.0997. The number of amides is 1. The van der Waals surface area contributed by atoms with Crippen molar-refractivity contribution in [2.24, 2.45) is 5.73 Å². The predicted octanol–water partition coefficient (Wildman–Crippen LogP) is 1.61. The van der Waals surface area contributed by atoms with E-state index in [1.54, 1.807) is 0 Å². The largest absolute Gasteiger partial charge is 0.389 e. The van der Waals surface area contributed by atoms with E-state index >= 15 is 0 Å². The maximum absolute atomic E-state index is 13.7. The third-order valence-electron chi connectivity index (χ3n) is 2.25. The van der Waals surface area contributed by atoms with Gasteiger partial charge in [0.25, 0.3) is 5.91 Å². The van der Waals surface area contributed by atoms with Crippen LogP contribution in [-0.4, -0.2) is 10.9 Å². The summed E-state index contributed by atoms with van der Waals surface area (Å²) >= 11 is 0.986. The van der Waals surface area contributed by atoms with Crippen LogP contribution in [0.2, 0.25) is 0 Å². The Hall–Kier alpha value is -2.39. The van der Waals surface area contributed by atoms with Crippen molar-refractivity contribution >= 4 is 22.2 Å². The first-order chi connectivity index (χ1) is 8.52. The molecule has 0 aliphatic heterocycles. The molecule has 0 aliphatic rings. The van der Waals surface area contributed by atoms with E-state index in [1.165, 1.54) is 18.2 Å². The highest BCUT2D eigenvalue weighted by molar-refractivity contribution is 7.19. The molecule has 0 fully saturated rings. The summed E-state index contributed by atoms with van der Waals surface area (Å²) in [6.45, 7) is 0. The number of primary amides is 1. The Morgan fingerprint density at radius 2 is 2.22 bits per heavy atom. The number of nitrogens with zero attached hydrogens (tertiary/aromatic N) is 1. The quantitative estimate of drug-likeness (QED) is 0.806. The van der Waals surface area contributed by atoms with Gasteiger partial charge < -0.3 is 11.5 Å². The summed E-state index contributed by atoms with van der Waals surface area (Å²) in [5.41, 5.74) is 11.4. The van der Waals surface area contributed by atoms with Gasteiger partial charge in [-0.2, -0.15) is 0 Å². The average Bonchev–Trinajstić information content (AvgIpc) is 2.72. The number of carbonyl (C=O) groups is 1. The number of benzene rings is 1. The number of carbonyl (C=O) groups excluding carboxylic acids is 1. The minimum Gasteiger partial charge on any atom is -0.389 e. The van der Waals surface area contributed by atoms with Crippen LogP contribution in [0, 0.1) is 18.2 Å². The van der Waals surface area contributed by atoms with E-state index in [9.17, 15) is 9.18 Å². The van der Waals surface area contributed by atoms with Crippen LogP contribution in [0.3, 0.4) is 0 Å². The molecule has 0 radical (unpaired) electrons. The maximum atomic E-state index is 13.7. The highest BCUT2D eigenvalue weighted by atomic mass is 32.1. The highest BCUT2D eigenvalue weighted by Crippen LogP contribution is 2.31. The summed E-state index contributed by atoms with van der Waals surface area (Å²) in [5.74, 6) is 1.16. The number of hydrogen-bond donors (Lipinski definition) is 2.